The first-order valence-electron chi connectivity index (χ1n) is 6.03. The molecule has 0 saturated carbocycles. The van der Waals surface area contributed by atoms with Crippen molar-refractivity contribution in [2.75, 3.05) is 11.6 Å². The van der Waals surface area contributed by atoms with Crippen LogP contribution in [0.15, 0.2) is 47.4 Å². The molecule has 0 spiro atoms. The van der Waals surface area contributed by atoms with Crippen molar-refractivity contribution in [3.8, 4) is 5.75 Å². The van der Waals surface area contributed by atoms with Crippen LogP contribution < -0.4 is 5.32 Å². The molecule has 1 amide bonds. The summed E-state index contributed by atoms with van der Waals surface area (Å²) in [6.07, 6.45) is 1.87. The maximum atomic E-state index is 12.2. The van der Waals surface area contributed by atoms with Crippen molar-refractivity contribution >= 4 is 29.3 Å². The average molecular weight is 303 g/mol. The number of anilines is 1. The highest BCUT2D eigenvalue weighted by molar-refractivity contribution is 7.98. The second kappa shape index (κ2) is 6.32. The molecular formula is C15H13NO4S. The minimum atomic E-state index is -1.26. The van der Waals surface area contributed by atoms with Gasteiger partial charge in [-0.15, -0.1) is 11.8 Å². The molecule has 0 atom stereocenters. The van der Waals surface area contributed by atoms with Crippen LogP contribution >= 0.6 is 11.8 Å². The van der Waals surface area contributed by atoms with Crippen molar-refractivity contribution in [1.82, 2.24) is 0 Å². The second-order valence-electron chi connectivity index (χ2n) is 4.19. The van der Waals surface area contributed by atoms with Crippen LogP contribution in [0.25, 0.3) is 0 Å². The monoisotopic (exact) mass is 303 g/mol. The van der Waals surface area contributed by atoms with Gasteiger partial charge in [-0.1, -0.05) is 12.1 Å². The molecule has 5 nitrogen and oxygen atoms in total. The molecule has 0 aliphatic rings. The summed E-state index contributed by atoms with van der Waals surface area (Å²) in [5.74, 6) is -1.93. The summed E-state index contributed by atoms with van der Waals surface area (Å²) in [7, 11) is 0. The number of amides is 1. The van der Waals surface area contributed by atoms with Crippen molar-refractivity contribution < 1.29 is 19.8 Å². The number of thioether (sulfide) groups is 1. The van der Waals surface area contributed by atoms with Crippen LogP contribution in [0.5, 0.6) is 5.75 Å². The zero-order chi connectivity index (χ0) is 15.4. The summed E-state index contributed by atoms with van der Waals surface area (Å²) < 4.78 is 0. The van der Waals surface area contributed by atoms with E-state index in [-0.39, 0.29) is 17.2 Å². The van der Waals surface area contributed by atoms with Crippen LogP contribution in [0.4, 0.5) is 5.69 Å². The molecule has 108 valence electrons. The van der Waals surface area contributed by atoms with Gasteiger partial charge in [-0.25, -0.2) is 4.79 Å². The van der Waals surface area contributed by atoms with Crippen LogP contribution in [0.2, 0.25) is 0 Å². The molecule has 0 aliphatic carbocycles. The van der Waals surface area contributed by atoms with E-state index >= 15 is 0 Å². The predicted molar refractivity (Wildman–Crippen MR) is 81.2 cm³/mol. The van der Waals surface area contributed by atoms with E-state index in [2.05, 4.69) is 5.32 Å². The number of nitrogens with one attached hydrogen (secondary N) is 1. The molecule has 2 aromatic carbocycles. The fraction of sp³-hybridized carbons (Fsp3) is 0.0667. The molecule has 2 rings (SSSR count). The Balaban J connectivity index is 2.28. The molecule has 0 aromatic heterocycles. The molecule has 2 aromatic rings. The lowest BCUT2D eigenvalue weighted by Gasteiger charge is -2.09. The molecule has 21 heavy (non-hydrogen) atoms. The maximum absolute atomic E-state index is 12.2. The fourth-order valence-corrected chi connectivity index (χ4v) is 2.41. The van der Waals surface area contributed by atoms with E-state index in [1.54, 1.807) is 12.1 Å². The number of benzene rings is 2. The van der Waals surface area contributed by atoms with Gasteiger partial charge < -0.3 is 15.5 Å². The van der Waals surface area contributed by atoms with Crippen LogP contribution in [-0.2, 0) is 0 Å². The Bertz CT molecular complexity index is 700. The number of carboxylic acids is 1. The number of carboxylic acid groups (broad SMARTS) is 1. The Morgan fingerprint density at radius 3 is 2.48 bits per heavy atom. The molecule has 0 saturated heterocycles. The highest BCUT2D eigenvalue weighted by Crippen LogP contribution is 2.24. The third-order valence-corrected chi connectivity index (χ3v) is 3.63. The van der Waals surface area contributed by atoms with E-state index in [0.717, 1.165) is 4.90 Å². The molecule has 0 unspecified atom stereocenters. The molecule has 0 heterocycles. The van der Waals surface area contributed by atoms with E-state index in [1.165, 1.54) is 30.0 Å². The van der Waals surface area contributed by atoms with Crippen LogP contribution in [0.3, 0.4) is 0 Å². The normalized spacial score (nSPS) is 10.1. The number of phenols is 1. The summed E-state index contributed by atoms with van der Waals surface area (Å²) in [4.78, 5) is 24.0. The lowest BCUT2D eigenvalue weighted by atomic mass is 10.1. The van der Waals surface area contributed by atoms with Crippen molar-refractivity contribution in [2.24, 2.45) is 0 Å². The maximum Gasteiger partial charge on any atom is 0.339 e. The third-order valence-electron chi connectivity index (χ3n) is 2.84. The van der Waals surface area contributed by atoms with E-state index in [1.807, 2.05) is 18.4 Å². The zero-order valence-electron chi connectivity index (χ0n) is 11.2. The van der Waals surface area contributed by atoms with Gasteiger partial charge in [0.2, 0.25) is 0 Å². The van der Waals surface area contributed by atoms with Gasteiger partial charge in [-0.3, -0.25) is 4.79 Å². The first-order chi connectivity index (χ1) is 10.0. The summed E-state index contributed by atoms with van der Waals surface area (Å²) in [5.41, 5.74) is 0.562. The number of hydrogen-bond donors (Lipinski definition) is 3. The fourth-order valence-electron chi connectivity index (χ4n) is 1.82. The van der Waals surface area contributed by atoms with Gasteiger partial charge >= 0.3 is 5.97 Å². The molecule has 0 bridgehead atoms. The summed E-state index contributed by atoms with van der Waals surface area (Å²) >= 11 is 1.45. The minimum absolute atomic E-state index is 0.258. The Morgan fingerprint density at radius 1 is 1.10 bits per heavy atom. The predicted octanol–water partition coefficient (Wildman–Crippen LogP) is 3.06. The zero-order valence-corrected chi connectivity index (χ0v) is 12.0. The smallest absolute Gasteiger partial charge is 0.339 e. The lowest BCUT2D eigenvalue weighted by molar-refractivity contribution is 0.0693. The summed E-state index contributed by atoms with van der Waals surface area (Å²) in [6.45, 7) is 0. The first kappa shape index (κ1) is 14.9. The molecule has 3 N–H and O–H groups in total. The number of hydrogen-bond acceptors (Lipinski definition) is 4. The van der Waals surface area contributed by atoms with Gasteiger partial charge in [0.25, 0.3) is 5.91 Å². The van der Waals surface area contributed by atoms with Gasteiger partial charge in [-0.2, -0.15) is 0 Å². The van der Waals surface area contributed by atoms with Gasteiger partial charge in [0.15, 0.2) is 0 Å². The Hall–Kier alpha value is -2.47. The van der Waals surface area contributed by atoms with E-state index in [0.29, 0.717) is 11.3 Å². The minimum Gasteiger partial charge on any atom is -0.507 e. The summed E-state index contributed by atoms with van der Waals surface area (Å²) in [5, 5.41) is 21.0. The Labute approximate surface area is 125 Å². The van der Waals surface area contributed by atoms with Gasteiger partial charge in [0.05, 0.1) is 5.56 Å². The highest BCUT2D eigenvalue weighted by Gasteiger charge is 2.14. The quantitative estimate of drug-likeness (QED) is 0.597. The standard InChI is InChI=1S/C15H13NO4S/c1-21-13-5-3-2-4-10(13)14(18)16-9-6-7-12(17)11(8-9)15(19)20/h2-8,17H,1H3,(H,16,18)(H,19,20). The Morgan fingerprint density at radius 2 is 1.81 bits per heavy atom. The topological polar surface area (TPSA) is 86.6 Å². The number of carbonyl (C=O) groups is 2. The van der Waals surface area contributed by atoms with Crippen molar-refractivity contribution in [3.05, 3.63) is 53.6 Å². The molecule has 6 heteroatoms. The van der Waals surface area contributed by atoms with Gasteiger partial charge in [0.1, 0.15) is 11.3 Å². The van der Waals surface area contributed by atoms with Gasteiger partial charge in [-0.05, 0) is 36.6 Å². The second-order valence-corrected chi connectivity index (χ2v) is 5.04. The highest BCUT2D eigenvalue weighted by atomic mass is 32.2. The van der Waals surface area contributed by atoms with Crippen LogP contribution in [0.1, 0.15) is 20.7 Å². The number of rotatable bonds is 4. The SMILES string of the molecule is CSc1ccccc1C(=O)Nc1ccc(O)c(C(=O)O)c1. The third kappa shape index (κ3) is 3.35. The molecular weight excluding hydrogens is 290 g/mol. The number of carbonyl (C=O) groups excluding carboxylic acids is 1. The van der Waals surface area contributed by atoms with E-state index < -0.39 is 5.97 Å². The average Bonchev–Trinajstić information content (AvgIpc) is 2.48. The van der Waals surface area contributed by atoms with Crippen LogP contribution in [0, 0.1) is 0 Å². The van der Waals surface area contributed by atoms with Crippen molar-refractivity contribution in [1.29, 1.82) is 0 Å². The summed E-state index contributed by atoms with van der Waals surface area (Å²) in [6, 6.07) is 11.0. The number of aromatic carboxylic acids is 1. The van der Waals surface area contributed by atoms with Crippen molar-refractivity contribution in [2.45, 2.75) is 4.90 Å². The molecule has 0 radical (unpaired) electrons. The first-order valence-corrected chi connectivity index (χ1v) is 7.26. The van der Waals surface area contributed by atoms with E-state index in [4.69, 9.17) is 5.11 Å². The largest absolute Gasteiger partial charge is 0.507 e. The van der Waals surface area contributed by atoms with Crippen molar-refractivity contribution in [3.63, 3.8) is 0 Å². The Kier molecular flexibility index (Phi) is 4.49. The molecule has 0 aliphatic heterocycles. The van der Waals surface area contributed by atoms with Gasteiger partial charge in [0, 0.05) is 10.6 Å². The number of aromatic hydroxyl groups is 1. The van der Waals surface area contributed by atoms with E-state index in [9.17, 15) is 14.7 Å². The van der Waals surface area contributed by atoms with Crippen LogP contribution in [-0.4, -0.2) is 28.3 Å². The lowest BCUT2D eigenvalue weighted by Crippen LogP contribution is -2.13. The molecule has 0 fully saturated rings.